The number of fused-ring (bicyclic) bond motifs is 2. The molecular formula is C13H11N. The zero-order valence-corrected chi connectivity index (χ0v) is 8.12. The van der Waals surface area contributed by atoms with Gasteiger partial charge in [0, 0.05) is 17.1 Å². The normalized spacial score (nSPS) is 17.2. The lowest BCUT2D eigenvalue weighted by Gasteiger charge is -2.05. The second-order valence-electron chi connectivity index (χ2n) is 3.74. The molecule has 3 rings (SSSR count). The molecule has 2 aliphatic rings. The standard InChI is InChI=1S/C13H11N/c1-9-13-11(6-7-14-9)8-10-4-2-3-5-12(10)13/h2-4,6-8H,5H2,1H3. The first-order valence-electron chi connectivity index (χ1n) is 4.90. The summed E-state index contributed by atoms with van der Waals surface area (Å²) >= 11 is 0. The molecule has 14 heavy (non-hydrogen) atoms. The molecule has 0 saturated heterocycles. The SMILES string of the molecule is Cc1nccc2c1=C1CC=CC=C1C=2. The Morgan fingerprint density at radius 3 is 3.21 bits per heavy atom. The summed E-state index contributed by atoms with van der Waals surface area (Å²) in [5.74, 6) is 0. The van der Waals surface area contributed by atoms with Crippen molar-refractivity contribution in [2.45, 2.75) is 13.3 Å². The molecule has 1 aromatic heterocycles. The van der Waals surface area contributed by atoms with Crippen molar-refractivity contribution in [1.82, 2.24) is 4.98 Å². The van der Waals surface area contributed by atoms with Crippen molar-refractivity contribution in [3.05, 3.63) is 52.2 Å². The van der Waals surface area contributed by atoms with Crippen LogP contribution >= 0.6 is 0 Å². The summed E-state index contributed by atoms with van der Waals surface area (Å²) < 4.78 is 0. The Morgan fingerprint density at radius 2 is 2.29 bits per heavy atom. The number of hydrogen-bond donors (Lipinski definition) is 0. The zero-order valence-electron chi connectivity index (χ0n) is 8.12. The maximum atomic E-state index is 4.35. The third kappa shape index (κ3) is 0.925. The number of hydrogen-bond acceptors (Lipinski definition) is 1. The monoisotopic (exact) mass is 181 g/mol. The molecule has 0 aromatic carbocycles. The van der Waals surface area contributed by atoms with E-state index in [1.54, 1.807) is 0 Å². The molecule has 0 N–H and O–H groups in total. The van der Waals surface area contributed by atoms with E-state index in [0.717, 1.165) is 12.1 Å². The Balaban J connectivity index is 2.49. The number of nitrogens with zero attached hydrogens (tertiary/aromatic N) is 1. The van der Waals surface area contributed by atoms with Gasteiger partial charge < -0.3 is 0 Å². The van der Waals surface area contributed by atoms with Crippen LogP contribution in [0.2, 0.25) is 0 Å². The summed E-state index contributed by atoms with van der Waals surface area (Å²) in [6.45, 7) is 2.08. The molecule has 0 spiro atoms. The minimum Gasteiger partial charge on any atom is -0.261 e. The predicted octanol–water partition coefficient (Wildman–Crippen LogP) is 1.22. The minimum atomic E-state index is 1.04. The Kier molecular flexibility index (Phi) is 1.48. The molecule has 0 amide bonds. The van der Waals surface area contributed by atoms with Gasteiger partial charge in [-0.25, -0.2) is 0 Å². The van der Waals surface area contributed by atoms with Crippen LogP contribution in [-0.4, -0.2) is 4.98 Å². The second-order valence-corrected chi connectivity index (χ2v) is 3.74. The highest BCUT2D eigenvalue weighted by Crippen LogP contribution is 2.22. The zero-order chi connectivity index (χ0) is 9.54. The molecule has 1 heterocycles. The van der Waals surface area contributed by atoms with Crippen LogP contribution in [0.1, 0.15) is 12.1 Å². The van der Waals surface area contributed by atoms with Crippen LogP contribution in [0.25, 0.3) is 11.6 Å². The van der Waals surface area contributed by atoms with Crippen LogP contribution in [-0.2, 0) is 0 Å². The van der Waals surface area contributed by atoms with E-state index in [2.05, 4.69) is 42.3 Å². The van der Waals surface area contributed by atoms with Crippen molar-refractivity contribution in [3.63, 3.8) is 0 Å². The van der Waals surface area contributed by atoms with Crippen LogP contribution in [0, 0.1) is 6.92 Å². The lowest BCUT2D eigenvalue weighted by atomic mass is 10.00. The van der Waals surface area contributed by atoms with E-state index in [0.29, 0.717) is 0 Å². The molecule has 1 nitrogen and oxygen atoms in total. The van der Waals surface area contributed by atoms with Crippen LogP contribution in [0.15, 0.2) is 36.1 Å². The van der Waals surface area contributed by atoms with E-state index in [1.165, 1.54) is 21.6 Å². The van der Waals surface area contributed by atoms with Gasteiger partial charge in [-0.2, -0.15) is 0 Å². The predicted molar refractivity (Wildman–Crippen MR) is 57.9 cm³/mol. The number of aromatic nitrogens is 1. The highest BCUT2D eigenvalue weighted by molar-refractivity contribution is 5.84. The fraction of sp³-hybridized carbons (Fsp3) is 0.154. The third-order valence-corrected chi connectivity index (χ3v) is 2.87. The van der Waals surface area contributed by atoms with Gasteiger partial charge in [0.25, 0.3) is 0 Å². The maximum Gasteiger partial charge on any atom is 0.0454 e. The van der Waals surface area contributed by atoms with Crippen molar-refractivity contribution in [2.24, 2.45) is 0 Å². The van der Waals surface area contributed by atoms with Gasteiger partial charge in [0.2, 0.25) is 0 Å². The Bertz CT molecular complexity index is 574. The minimum absolute atomic E-state index is 1.04. The summed E-state index contributed by atoms with van der Waals surface area (Å²) in [7, 11) is 0. The summed E-state index contributed by atoms with van der Waals surface area (Å²) in [4.78, 5) is 4.35. The average Bonchev–Trinajstić information content (AvgIpc) is 2.57. The van der Waals surface area contributed by atoms with E-state index in [-0.39, 0.29) is 0 Å². The van der Waals surface area contributed by atoms with Crippen LogP contribution in [0.3, 0.4) is 0 Å². The molecule has 1 aromatic rings. The topological polar surface area (TPSA) is 12.9 Å². The number of rotatable bonds is 0. The largest absolute Gasteiger partial charge is 0.261 e. The van der Waals surface area contributed by atoms with E-state index < -0.39 is 0 Å². The van der Waals surface area contributed by atoms with Gasteiger partial charge in [-0.15, -0.1) is 0 Å². The Morgan fingerprint density at radius 1 is 1.36 bits per heavy atom. The first-order chi connectivity index (χ1) is 6.86. The van der Waals surface area contributed by atoms with Crippen molar-refractivity contribution in [2.75, 3.05) is 0 Å². The summed E-state index contributed by atoms with van der Waals surface area (Å²) in [5.41, 5.74) is 3.94. The van der Waals surface area contributed by atoms with Crippen molar-refractivity contribution >= 4 is 11.6 Å². The second kappa shape index (κ2) is 2.68. The molecule has 68 valence electrons. The molecule has 0 fully saturated rings. The maximum absolute atomic E-state index is 4.35. The first kappa shape index (κ1) is 7.74. The fourth-order valence-corrected chi connectivity index (χ4v) is 2.22. The third-order valence-electron chi connectivity index (χ3n) is 2.87. The summed E-state index contributed by atoms with van der Waals surface area (Å²) in [5, 5.41) is 2.67. The van der Waals surface area contributed by atoms with Gasteiger partial charge in [-0.3, -0.25) is 4.98 Å². The van der Waals surface area contributed by atoms with Gasteiger partial charge in [-0.1, -0.05) is 18.2 Å². The Hall–Kier alpha value is -1.63. The number of aryl methyl sites for hydroxylation is 1. The van der Waals surface area contributed by atoms with E-state index in [1.807, 2.05) is 6.20 Å². The van der Waals surface area contributed by atoms with Crippen molar-refractivity contribution in [1.29, 1.82) is 0 Å². The molecular weight excluding hydrogens is 170 g/mol. The van der Waals surface area contributed by atoms with E-state index in [9.17, 15) is 0 Å². The fourth-order valence-electron chi connectivity index (χ4n) is 2.22. The van der Waals surface area contributed by atoms with Gasteiger partial charge in [0.15, 0.2) is 0 Å². The van der Waals surface area contributed by atoms with Crippen molar-refractivity contribution < 1.29 is 0 Å². The Labute approximate surface area is 82.8 Å². The highest BCUT2D eigenvalue weighted by Gasteiger charge is 2.12. The van der Waals surface area contributed by atoms with Crippen LogP contribution < -0.4 is 10.4 Å². The number of allylic oxidation sites excluding steroid dienone is 4. The van der Waals surface area contributed by atoms with E-state index in [4.69, 9.17) is 0 Å². The molecule has 0 radical (unpaired) electrons. The molecule has 0 saturated carbocycles. The van der Waals surface area contributed by atoms with Crippen LogP contribution in [0.5, 0.6) is 0 Å². The van der Waals surface area contributed by atoms with E-state index >= 15 is 0 Å². The molecule has 1 heteroatoms. The van der Waals surface area contributed by atoms with Gasteiger partial charge in [0.05, 0.1) is 0 Å². The molecule has 2 aliphatic carbocycles. The van der Waals surface area contributed by atoms with Gasteiger partial charge >= 0.3 is 0 Å². The van der Waals surface area contributed by atoms with Gasteiger partial charge in [0.1, 0.15) is 0 Å². The molecule has 0 unspecified atom stereocenters. The number of pyridine rings is 1. The molecule has 0 aliphatic heterocycles. The molecule has 0 atom stereocenters. The smallest absolute Gasteiger partial charge is 0.0454 e. The first-order valence-corrected chi connectivity index (χ1v) is 4.90. The average molecular weight is 181 g/mol. The lowest BCUT2D eigenvalue weighted by Crippen LogP contribution is -2.26. The van der Waals surface area contributed by atoms with Crippen LogP contribution in [0.4, 0.5) is 0 Å². The van der Waals surface area contributed by atoms with Crippen molar-refractivity contribution in [3.8, 4) is 0 Å². The molecule has 0 bridgehead atoms. The summed E-state index contributed by atoms with van der Waals surface area (Å²) in [6.07, 6.45) is 11.7. The lowest BCUT2D eigenvalue weighted by molar-refractivity contribution is 1.15. The summed E-state index contributed by atoms with van der Waals surface area (Å²) in [6, 6.07) is 2.09. The highest BCUT2D eigenvalue weighted by atomic mass is 14.7. The quantitative estimate of drug-likeness (QED) is 0.586. The van der Waals surface area contributed by atoms with Gasteiger partial charge in [-0.05, 0) is 41.9 Å².